The normalized spacial score (nSPS) is 11.4. The Morgan fingerprint density at radius 2 is 2.19 bits per heavy atom. The van der Waals surface area contributed by atoms with Crippen molar-refractivity contribution in [3.63, 3.8) is 0 Å². The molecule has 0 saturated heterocycles. The maximum atomic E-state index is 9.15. The van der Waals surface area contributed by atoms with E-state index in [1.54, 1.807) is 6.33 Å². The average molecular weight is 213 g/mol. The lowest BCUT2D eigenvalue weighted by atomic mass is 10.1. The first-order valence-corrected chi connectivity index (χ1v) is 5.12. The Labute approximate surface area is 92.2 Å². The molecule has 16 heavy (non-hydrogen) atoms. The Kier molecular flexibility index (Phi) is 1.91. The molecule has 0 fully saturated rings. The number of rotatable bonds is 1. The van der Waals surface area contributed by atoms with Crippen molar-refractivity contribution < 1.29 is 5.11 Å². The van der Waals surface area contributed by atoms with E-state index in [1.165, 1.54) is 5.56 Å². The molecule has 0 spiro atoms. The van der Waals surface area contributed by atoms with Crippen molar-refractivity contribution in [1.29, 1.82) is 0 Å². The van der Waals surface area contributed by atoms with E-state index in [0.717, 1.165) is 22.1 Å². The van der Waals surface area contributed by atoms with Gasteiger partial charge in [0.25, 0.3) is 0 Å². The Morgan fingerprint density at radius 3 is 3.00 bits per heavy atom. The standard InChI is InChI=1S/C12H11N3O/c1-8-4-12-14-13-7-15(12)11-5-9(6-16)2-3-10(8)11/h2-5,7,16H,6H2,1H3. The Bertz CT molecular complexity index is 672. The van der Waals surface area contributed by atoms with Crippen LogP contribution < -0.4 is 0 Å². The largest absolute Gasteiger partial charge is 0.392 e. The minimum absolute atomic E-state index is 0.0491. The van der Waals surface area contributed by atoms with Crippen molar-refractivity contribution in [2.75, 3.05) is 0 Å². The molecule has 4 heteroatoms. The smallest absolute Gasteiger partial charge is 0.161 e. The zero-order valence-corrected chi connectivity index (χ0v) is 8.88. The molecule has 2 heterocycles. The summed E-state index contributed by atoms with van der Waals surface area (Å²) >= 11 is 0. The van der Waals surface area contributed by atoms with Crippen LogP contribution in [0.2, 0.25) is 0 Å². The summed E-state index contributed by atoms with van der Waals surface area (Å²) in [5.41, 5.74) is 3.93. The molecule has 0 saturated carbocycles. The molecular formula is C12H11N3O. The van der Waals surface area contributed by atoms with Gasteiger partial charge in [-0.15, -0.1) is 10.2 Å². The van der Waals surface area contributed by atoms with E-state index in [-0.39, 0.29) is 6.61 Å². The predicted molar refractivity (Wildman–Crippen MR) is 61.2 cm³/mol. The zero-order valence-electron chi connectivity index (χ0n) is 8.88. The first-order chi connectivity index (χ1) is 7.79. The van der Waals surface area contributed by atoms with Gasteiger partial charge >= 0.3 is 0 Å². The molecule has 1 aromatic carbocycles. The van der Waals surface area contributed by atoms with Gasteiger partial charge in [-0.25, -0.2) is 0 Å². The van der Waals surface area contributed by atoms with Crippen LogP contribution in [0.25, 0.3) is 16.6 Å². The Balaban J connectivity index is 2.52. The summed E-state index contributed by atoms with van der Waals surface area (Å²) in [4.78, 5) is 0. The quantitative estimate of drug-likeness (QED) is 0.669. The van der Waals surface area contributed by atoms with Crippen molar-refractivity contribution in [3.05, 3.63) is 41.7 Å². The number of benzene rings is 1. The van der Waals surface area contributed by atoms with Gasteiger partial charge in [-0.1, -0.05) is 12.1 Å². The third kappa shape index (κ3) is 1.20. The summed E-state index contributed by atoms with van der Waals surface area (Å²) in [6, 6.07) is 7.94. The van der Waals surface area contributed by atoms with Gasteiger partial charge in [0.2, 0.25) is 0 Å². The van der Waals surface area contributed by atoms with Crippen LogP contribution in [0, 0.1) is 6.92 Å². The lowest BCUT2D eigenvalue weighted by molar-refractivity contribution is 0.282. The number of aromatic nitrogens is 3. The number of aryl methyl sites for hydroxylation is 1. The van der Waals surface area contributed by atoms with E-state index >= 15 is 0 Å². The third-order valence-electron chi connectivity index (χ3n) is 2.85. The van der Waals surface area contributed by atoms with Crippen molar-refractivity contribution in [1.82, 2.24) is 14.6 Å². The van der Waals surface area contributed by atoms with Gasteiger partial charge in [0.15, 0.2) is 5.65 Å². The molecule has 0 aliphatic carbocycles. The topological polar surface area (TPSA) is 50.4 Å². The van der Waals surface area contributed by atoms with Gasteiger partial charge in [-0.3, -0.25) is 4.40 Å². The highest BCUT2D eigenvalue weighted by Gasteiger charge is 2.05. The number of pyridine rings is 1. The van der Waals surface area contributed by atoms with Crippen LogP contribution in [0.5, 0.6) is 0 Å². The molecule has 0 amide bonds. The number of fused-ring (bicyclic) bond motifs is 3. The molecule has 0 aliphatic heterocycles. The van der Waals surface area contributed by atoms with Crippen LogP contribution in [0.3, 0.4) is 0 Å². The minimum Gasteiger partial charge on any atom is -0.392 e. The number of aliphatic hydroxyl groups excluding tert-OH is 1. The highest BCUT2D eigenvalue weighted by atomic mass is 16.3. The summed E-state index contributed by atoms with van der Waals surface area (Å²) in [6.07, 6.45) is 1.69. The summed E-state index contributed by atoms with van der Waals surface area (Å²) < 4.78 is 1.93. The number of aliphatic hydroxyl groups is 1. The zero-order chi connectivity index (χ0) is 11.1. The SMILES string of the molecule is Cc1cc2nncn2c2cc(CO)ccc12. The van der Waals surface area contributed by atoms with Crippen LogP contribution >= 0.6 is 0 Å². The van der Waals surface area contributed by atoms with Crippen molar-refractivity contribution >= 4 is 16.6 Å². The molecule has 1 N–H and O–H groups in total. The van der Waals surface area contributed by atoms with Crippen molar-refractivity contribution in [2.24, 2.45) is 0 Å². The van der Waals surface area contributed by atoms with Crippen LogP contribution in [0.4, 0.5) is 0 Å². The summed E-state index contributed by atoms with van der Waals surface area (Å²) in [5, 5.41) is 18.2. The monoisotopic (exact) mass is 213 g/mol. The first-order valence-electron chi connectivity index (χ1n) is 5.12. The highest BCUT2D eigenvalue weighted by molar-refractivity contribution is 5.85. The van der Waals surface area contributed by atoms with Gasteiger partial charge in [0.05, 0.1) is 12.1 Å². The van der Waals surface area contributed by atoms with Gasteiger partial charge in [0, 0.05) is 5.39 Å². The highest BCUT2D eigenvalue weighted by Crippen LogP contribution is 2.21. The molecule has 3 aromatic rings. The third-order valence-corrected chi connectivity index (χ3v) is 2.85. The second kappa shape index (κ2) is 3.28. The molecule has 0 unspecified atom stereocenters. The van der Waals surface area contributed by atoms with Crippen LogP contribution in [0.1, 0.15) is 11.1 Å². The lowest BCUT2D eigenvalue weighted by Gasteiger charge is -2.06. The molecule has 0 atom stereocenters. The van der Waals surface area contributed by atoms with Crippen molar-refractivity contribution in [3.8, 4) is 0 Å². The summed E-state index contributed by atoms with van der Waals surface area (Å²) in [5.74, 6) is 0. The fourth-order valence-electron chi connectivity index (χ4n) is 2.01. The van der Waals surface area contributed by atoms with E-state index in [1.807, 2.05) is 28.7 Å². The van der Waals surface area contributed by atoms with E-state index < -0.39 is 0 Å². The Morgan fingerprint density at radius 1 is 1.31 bits per heavy atom. The van der Waals surface area contributed by atoms with Gasteiger partial charge < -0.3 is 5.11 Å². The lowest BCUT2D eigenvalue weighted by Crippen LogP contribution is -1.92. The van der Waals surface area contributed by atoms with Gasteiger partial charge in [-0.2, -0.15) is 0 Å². The number of hydrogen-bond donors (Lipinski definition) is 1. The fourth-order valence-corrected chi connectivity index (χ4v) is 2.01. The van der Waals surface area contributed by atoms with E-state index in [0.29, 0.717) is 0 Å². The van der Waals surface area contributed by atoms with Crippen LogP contribution in [-0.4, -0.2) is 19.7 Å². The van der Waals surface area contributed by atoms with Gasteiger partial charge in [0.1, 0.15) is 6.33 Å². The van der Waals surface area contributed by atoms with E-state index in [9.17, 15) is 0 Å². The number of nitrogens with zero attached hydrogens (tertiary/aromatic N) is 3. The Hall–Kier alpha value is -1.94. The summed E-state index contributed by atoms with van der Waals surface area (Å²) in [7, 11) is 0. The predicted octanol–water partition coefficient (Wildman–Crippen LogP) is 1.68. The molecule has 2 aromatic heterocycles. The van der Waals surface area contributed by atoms with Crippen LogP contribution in [0.15, 0.2) is 30.6 Å². The summed E-state index contributed by atoms with van der Waals surface area (Å²) in [6.45, 7) is 2.10. The second-order valence-corrected chi connectivity index (χ2v) is 3.90. The fraction of sp³-hybridized carbons (Fsp3) is 0.167. The molecule has 3 rings (SSSR count). The second-order valence-electron chi connectivity index (χ2n) is 3.90. The molecule has 0 radical (unpaired) electrons. The molecule has 0 bridgehead atoms. The number of hydrogen-bond acceptors (Lipinski definition) is 3. The minimum atomic E-state index is 0.0491. The van der Waals surface area contributed by atoms with Crippen LogP contribution in [-0.2, 0) is 6.61 Å². The molecular weight excluding hydrogens is 202 g/mol. The maximum absolute atomic E-state index is 9.15. The van der Waals surface area contributed by atoms with E-state index in [2.05, 4.69) is 17.1 Å². The van der Waals surface area contributed by atoms with Gasteiger partial charge in [-0.05, 0) is 30.2 Å². The average Bonchev–Trinajstić information content (AvgIpc) is 2.76. The molecule has 80 valence electrons. The van der Waals surface area contributed by atoms with Crippen molar-refractivity contribution in [2.45, 2.75) is 13.5 Å². The van der Waals surface area contributed by atoms with E-state index in [4.69, 9.17) is 5.11 Å². The molecule has 4 nitrogen and oxygen atoms in total. The molecule has 0 aliphatic rings. The maximum Gasteiger partial charge on any atom is 0.161 e. The first kappa shape index (κ1) is 9.30.